The largest absolute Gasteiger partial charge is 0.368 e. The highest BCUT2D eigenvalue weighted by Gasteiger charge is 2.55. The van der Waals surface area contributed by atoms with E-state index in [1.807, 2.05) is 31.2 Å². The standard InChI is InChI=1S/C18H18N4O3S/c1-11-20-13(9-26-11)16(24)21-7-6-18(10-21)12-4-2-3-5-14(12)22(17(18)25)8-15(19)23/h2-5,9H,6-8,10H2,1H3,(H2,19,23). The van der Waals surface area contributed by atoms with E-state index in [1.165, 1.54) is 16.2 Å². The van der Waals surface area contributed by atoms with Crippen molar-refractivity contribution in [3.63, 3.8) is 0 Å². The lowest BCUT2D eigenvalue weighted by Gasteiger charge is -2.24. The summed E-state index contributed by atoms with van der Waals surface area (Å²) in [7, 11) is 0. The van der Waals surface area contributed by atoms with Crippen molar-refractivity contribution >= 4 is 34.7 Å². The SMILES string of the molecule is Cc1nc(C(=O)N2CCC3(C2)C(=O)N(CC(N)=O)c2ccccc23)cs1. The second kappa shape index (κ2) is 5.91. The van der Waals surface area contributed by atoms with Gasteiger partial charge in [0, 0.05) is 24.2 Å². The summed E-state index contributed by atoms with van der Waals surface area (Å²) in [6.07, 6.45) is 0.521. The Morgan fingerprint density at radius 2 is 2.12 bits per heavy atom. The van der Waals surface area contributed by atoms with Gasteiger partial charge in [-0.2, -0.15) is 0 Å². The van der Waals surface area contributed by atoms with Gasteiger partial charge in [-0.15, -0.1) is 11.3 Å². The van der Waals surface area contributed by atoms with Crippen LogP contribution in [0, 0.1) is 6.92 Å². The quantitative estimate of drug-likeness (QED) is 0.874. The zero-order valence-electron chi connectivity index (χ0n) is 14.3. The van der Waals surface area contributed by atoms with E-state index in [0.717, 1.165) is 10.6 Å². The number of carbonyl (C=O) groups is 3. The number of hydrogen-bond donors (Lipinski definition) is 1. The minimum atomic E-state index is -0.813. The summed E-state index contributed by atoms with van der Waals surface area (Å²) >= 11 is 1.43. The van der Waals surface area contributed by atoms with Crippen molar-refractivity contribution in [3.8, 4) is 0 Å². The fourth-order valence-corrected chi connectivity index (χ4v) is 4.50. The van der Waals surface area contributed by atoms with Crippen LogP contribution in [0.25, 0.3) is 0 Å². The minimum absolute atomic E-state index is 0.156. The van der Waals surface area contributed by atoms with Crippen LogP contribution in [0.4, 0.5) is 5.69 Å². The molecule has 1 fully saturated rings. The molecule has 2 aliphatic rings. The molecule has 134 valence electrons. The Morgan fingerprint density at radius 3 is 2.81 bits per heavy atom. The number of amides is 3. The number of benzene rings is 1. The maximum atomic E-state index is 13.2. The third kappa shape index (κ3) is 2.40. The first-order valence-electron chi connectivity index (χ1n) is 8.33. The number of thiazole rings is 1. The van der Waals surface area contributed by atoms with Gasteiger partial charge in [0.15, 0.2) is 0 Å². The summed E-state index contributed by atoms with van der Waals surface area (Å²) in [5.41, 5.74) is 6.49. The molecule has 8 heteroatoms. The molecule has 1 atom stereocenters. The summed E-state index contributed by atoms with van der Waals surface area (Å²) in [5.74, 6) is -0.888. The van der Waals surface area contributed by atoms with Crippen LogP contribution in [-0.4, -0.2) is 47.2 Å². The van der Waals surface area contributed by atoms with E-state index in [9.17, 15) is 14.4 Å². The molecule has 3 heterocycles. The number of para-hydroxylation sites is 1. The monoisotopic (exact) mass is 370 g/mol. The van der Waals surface area contributed by atoms with Gasteiger partial charge in [-0.1, -0.05) is 18.2 Å². The number of aromatic nitrogens is 1. The maximum Gasteiger partial charge on any atom is 0.273 e. The number of hydrogen-bond acceptors (Lipinski definition) is 5. The Balaban J connectivity index is 1.68. The smallest absolute Gasteiger partial charge is 0.273 e. The van der Waals surface area contributed by atoms with Gasteiger partial charge >= 0.3 is 0 Å². The van der Waals surface area contributed by atoms with Crippen molar-refractivity contribution in [1.29, 1.82) is 0 Å². The first-order valence-corrected chi connectivity index (χ1v) is 9.21. The average Bonchev–Trinajstić information content (AvgIpc) is 3.30. The summed E-state index contributed by atoms with van der Waals surface area (Å²) in [6, 6.07) is 7.42. The molecule has 1 spiro atoms. The molecule has 2 N–H and O–H groups in total. The lowest BCUT2D eigenvalue weighted by Crippen LogP contribution is -2.45. The minimum Gasteiger partial charge on any atom is -0.368 e. The van der Waals surface area contributed by atoms with Crippen molar-refractivity contribution in [2.24, 2.45) is 5.73 Å². The molecular weight excluding hydrogens is 352 g/mol. The predicted molar refractivity (Wildman–Crippen MR) is 97.0 cm³/mol. The third-order valence-corrected chi connectivity index (χ3v) is 5.85. The van der Waals surface area contributed by atoms with E-state index < -0.39 is 11.3 Å². The van der Waals surface area contributed by atoms with Gasteiger partial charge in [0.2, 0.25) is 11.8 Å². The van der Waals surface area contributed by atoms with Crippen LogP contribution in [0.2, 0.25) is 0 Å². The van der Waals surface area contributed by atoms with Crippen LogP contribution in [-0.2, 0) is 15.0 Å². The van der Waals surface area contributed by atoms with Gasteiger partial charge in [-0.05, 0) is 25.0 Å². The van der Waals surface area contributed by atoms with Gasteiger partial charge in [0.1, 0.15) is 12.2 Å². The van der Waals surface area contributed by atoms with E-state index in [1.54, 1.807) is 10.3 Å². The highest BCUT2D eigenvalue weighted by molar-refractivity contribution is 7.09. The van der Waals surface area contributed by atoms with E-state index in [0.29, 0.717) is 24.3 Å². The molecule has 0 radical (unpaired) electrons. The zero-order valence-corrected chi connectivity index (χ0v) is 15.1. The molecule has 0 aliphatic carbocycles. The Kier molecular flexibility index (Phi) is 3.80. The number of nitrogens with zero attached hydrogens (tertiary/aromatic N) is 3. The average molecular weight is 370 g/mol. The van der Waals surface area contributed by atoms with Crippen LogP contribution in [0.3, 0.4) is 0 Å². The van der Waals surface area contributed by atoms with Gasteiger partial charge < -0.3 is 15.5 Å². The van der Waals surface area contributed by atoms with Crippen molar-refractivity contribution in [2.45, 2.75) is 18.8 Å². The Bertz CT molecular complexity index is 925. The Labute approximate surface area is 154 Å². The molecule has 1 aromatic heterocycles. The van der Waals surface area contributed by atoms with Crippen molar-refractivity contribution < 1.29 is 14.4 Å². The van der Waals surface area contributed by atoms with E-state index in [2.05, 4.69) is 4.98 Å². The van der Waals surface area contributed by atoms with Crippen LogP contribution in [0.1, 0.15) is 27.5 Å². The fourth-order valence-electron chi connectivity index (χ4n) is 3.91. The van der Waals surface area contributed by atoms with Gasteiger partial charge in [-0.3, -0.25) is 14.4 Å². The lowest BCUT2D eigenvalue weighted by molar-refractivity contribution is -0.125. The van der Waals surface area contributed by atoms with Crippen molar-refractivity contribution in [3.05, 3.63) is 45.9 Å². The van der Waals surface area contributed by atoms with E-state index in [-0.39, 0.29) is 24.9 Å². The molecule has 3 amide bonds. The van der Waals surface area contributed by atoms with Crippen molar-refractivity contribution in [1.82, 2.24) is 9.88 Å². The molecule has 0 saturated carbocycles. The normalized spacial score (nSPS) is 21.5. The van der Waals surface area contributed by atoms with Crippen LogP contribution in [0.15, 0.2) is 29.6 Å². The van der Waals surface area contributed by atoms with Gasteiger partial charge in [-0.25, -0.2) is 4.98 Å². The van der Waals surface area contributed by atoms with E-state index in [4.69, 9.17) is 5.73 Å². The van der Waals surface area contributed by atoms with E-state index >= 15 is 0 Å². The highest BCUT2D eigenvalue weighted by atomic mass is 32.1. The number of primary amides is 1. The number of likely N-dealkylation sites (tertiary alicyclic amines) is 1. The number of rotatable bonds is 3. The topological polar surface area (TPSA) is 96.6 Å². The van der Waals surface area contributed by atoms with Crippen LogP contribution in [0.5, 0.6) is 0 Å². The highest BCUT2D eigenvalue weighted by Crippen LogP contribution is 2.47. The Morgan fingerprint density at radius 1 is 1.35 bits per heavy atom. The number of aryl methyl sites for hydroxylation is 1. The number of anilines is 1. The number of carbonyl (C=O) groups excluding carboxylic acids is 3. The molecule has 1 unspecified atom stereocenters. The second-order valence-electron chi connectivity index (χ2n) is 6.69. The second-order valence-corrected chi connectivity index (χ2v) is 7.75. The fraction of sp³-hybridized carbons (Fsp3) is 0.333. The summed E-state index contributed by atoms with van der Waals surface area (Å²) in [5, 5.41) is 2.57. The molecular formula is C18H18N4O3S. The Hall–Kier alpha value is -2.74. The summed E-state index contributed by atoms with van der Waals surface area (Å²) < 4.78 is 0. The third-order valence-electron chi connectivity index (χ3n) is 5.07. The first-order chi connectivity index (χ1) is 12.4. The molecule has 2 aromatic rings. The molecule has 7 nitrogen and oxygen atoms in total. The van der Waals surface area contributed by atoms with Gasteiger partial charge in [0.25, 0.3) is 5.91 Å². The maximum absolute atomic E-state index is 13.2. The van der Waals surface area contributed by atoms with Crippen molar-refractivity contribution in [2.75, 3.05) is 24.5 Å². The van der Waals surface area contributed by atoms with Crippen LogP contribution < -0.4 is 10.6 Å². The molecule has 1 saturated heterocycles. The van der Waals surface area contributed by atoms with Crippen LogP contribution >= 0.6 is 11.3 Å². The predicted octanol–water partition coefficient (Wildman–Crippen LogP) is 1.07. The summed E-state index contributed by atoms with van der Waals surface area (Å²) in [6.45, 7) is 2.45. The first kappa shape index (κ1) is 16.7. The van der Waals surface area contributed by atoms with Gasteiger partial charge in [0.05, 0.1) is 10.4 Å². The summed E-state index contributed by atoms with van der Waals surface area (Å²) in [4.78, 5) is 44.8. The lowest BCUT2D eigenvalue weighted by atomic mass is 9.81. The molecule has 26 heavy (non-hydrogen) atoms. The molecule has 2 aliphatic heterocycles. The zero-order chi connectivity index (χ0) is 18.5. The molecule has 0 bridgehead atoms. The molecule has 1 aromatic carbocycles. The number of nitrogens with two attached hydrogens (primary N) is 1. The number of fused-ring (bicyclic) bond motifs is 2. The molecule has 4 rings (SSSR count).